The zero-order valence-electron chi connectivity index (χ0n) is 19.1. The molecule has 180 valence electrons. The molecule has 2 heterocycles. The summed E-state index contributed by atoms with van der Waals surface area (Å²) in [5.41, 5.74) is 3.75. The molecule has 1 aromatic carbocycles. The lowest BCUT2D eigenvalue weighted by atomic mass is 10.1. The Morgan fingerprint density at radius 2 is 2.11 bits per heavy atom. The lowest BCUT2D eigenvalue weighted by molar-refractivity contribution is -0.384. The number of aryl methyl sites for hydroxylation is 1. The lowest BCUT2D eigenvalue weighted by Crippen LogP contribution is -2.25. The molecule has 35 heavy (non-hydrogen) atoms. The Bertz CT molecular complexity index is 1310. The SMILES string of the molecule is COCc1cc(C)nc(OCC(=O)N/N=C/c2ccc(-c3ccc(OC)cc3[N+](=O)[O-])o2)c1C#N. The predicted octanol–water partition coefficient (Wildman–Crippen LogP) is 3.11. The summed E-state index contributed by atoms with van der Waals surface area (Å²) in [5.74, 6) is 0.269. The number of benzene rings is 1. The molecule has 3 aromatic rings. The highest BCUT2D eigenvalue weighted by atomic mass is 16.6. The molecule has 0 aliphatic rings. The number of pyridine rings is 1. The summed E-state index contributed by atoms with van der Waals surface area (Å²) in [5, 5.41) is 24.6. The van der Waals surface area contributed by atoms with E-state index in [1.807, 2.05) is 6.07 Å². The van der Waals surface area contributed by atoms with Crippen molar-refractivity contribution in [3.8, 4) is 29.0 Å². The number of carbonyl (C=O) groups is 1. The molecule has 0 saturated heterocycles. The molecule has 0 aliphatic carbocycles. The largest absolute Gasteiger partial charge is 0.497 e. The van der Waals surface area contributed by atoms with Crippen molar-refractivity contribution in [3.05, 3.63) is 69.1 Å². The Morgan fingerprint density at radius 3 is 2.80 bits per heavy atom. The number of aromatic nitrogens is 1. The van der Waals surface area contributed by atoms with Crippen molar-refractivity contribution >= 4 is 17.8 Å². The molecule has 0 fully saturated rings. The number of ether oxygens (including phenoxy) is 3. The fraction of sp³-hybridized carbons (Fsp3) is 0.217. The molecule has 0 unspecified atom stereocenters. The van der Waals surface area contributed by atoms with Gasteiger partial charge in [0.1, 0.15) is 28.9 Å². The van der Waals surface area contributed by atoms with Crippen LogP contribution in [0.3, 0.4) is 0 Å². The Labute approximate surface area is 199 Å². The van der Waals surface area contributed by atoms with Gasteiger partial charge in [-0.2, -0.15) is 10.4 Å². The summed E-state index contributed by atoms with van der Waals surface area (Å²) in [6.07, 6.45) is 1.24. The van der Waals surface area contributed by atoms with Gasteiger partial charge in [0.15, 0.2) is 6.61 Å². The number of hydrazone groups is 1. The molecule has 0 radical (unpaired) electrons. The van der Waals surface area contributed by atoms with Gasteiger partial charge in [-0.05, 0) is 37.3 Å². The topological polar surface area (TPSA) is 162 Å². The Hall–Kier alpha value is -4.76. The number of amides is 1. The fourth-order valence-electron chi connectivity index (χ4n) is 3.10. The van der Waals surface area contributed by atoms with Crippen LogP contribution in [0.4, 0.5) is 5.69 Å². The highest BCUT2D eigenvalue weighted by Gasteiger charge is 2.19. The van der Waals surface area contributed by atoms with Crippen molar-refractivity contribution in [3.63, 3.8) is 0 Å². The van der Waals surface area contributed by atoms with Crippen molar-refractivity contribution in [2.45, 2.75) is 13.5 Å². The fourth-order valence-corrected chi connectivity index (χ4v) is 3.10. The van der Waals surface area contributed by atoms with E-state index >= 15 is 0 Å². The molecule has 0 atom stereocenters. The van der Waals surface area contributed by atoms with E-state index < -0.39 is 17.4 Å². The van der Waals surface area contributed by atoms with E-state index in [-0.39, 0.29) is 40.8 Å². The second kappa shape index (κ2) is 11.4. The molecule has 12 heteroatoms. The number of nitro groups is 1. The third kappa shape index (κ3) is 6.18. The van der Waals surface area contributed by atoms with Crippen molar-refractivity contribution in [1.82, 2.24) is 10.4 Å². The maximum absolute atomic E-state index is 12.1. The molecule has 0 aliphatic heterocycles. The van der Waals surface area contributed by atoms with E-state index in [9.17, 15) is 20.2 Å². The highest BCUT2D eigenvalue weighted by molar-refractivity contribution is 5.82. The molecule has 0 saturated carbocycles. The Kier molecular flexibility index (Phi) is 8.10. The number of nitrogens with one attached hydrogen (secondary N) is 1. The number of nitrogens with zero attached hydrogens (tertiary/aromatic N) is 4. The quantitative estimate of drug-likeness (QED) is 0.261. The summed E-state index contributed by atoms with van der Waals surface area (Å²) in [7, 11) is 2.92. The highest BCUT2D eigenvalue weighted by Crippen LogP contribution is 2.33. The zero-order chi connectivity index (χ0) is 25.4. The first-order chi connectivity index (χ1) is 16.9. The first-order valence-electron chi connectivity index (χ1n) is 10.1. The van der Waals surface area contributed by atoms with Crippen molar-refractivity contribution < 1.29 is 28.3 Å². The smallest absolute Gasteiger partial charge is 0.284 e. The standard InChI is InChI=1S/C23H21N5O7/c1-14-8-15(12-32-2)19(10-24)23(26-14)34-13-22(29)27-25-11-17-5-7-21(35-17)18-6-4-16(33-3)9-20(18)28(30)31/h4-9,11H,12-13H2,1-3H3,(H,27,29)/b25-11+. The molecule has 2 aromatic heterocycles. The van der Waals surface area contributed by atoms with E-state index in [0.717, 1.165) is 0 Å². The van der Waals surface area contributed by atoms with Crippen LogP contribution in [0.5, 0.6) is 11.6 Å². The van der Waals surface area contributed by atoms with Gasteiger partial charge in [0.05, 0.1) is 36.5 Å². The van der Waals surface area contributed by atoms with Crippen LogP contribution in [0.15, 0.2) is 45.9 Å². The van der Waals surface area contributed by atoms with Crippen LogP contribution in [0.1, 0.15) is 22.6 Å². The van der Waals surface area contributed by atoms with Crippen LogP contribution in [0.25, 0.3) is 11.3 Å². The van der Waals surface area contributed by atoms with Gasteiger partial charge in [-0.3, -0.25) is 14.9 Å². The van der Waals surface area contributed by atoms with Crippen molar-refractivity contribution in [2.24, 2.45) is 5.10 Å². The number of carbonyl (C=O) groups excluding carboxylic acids is 1. The molecule has 3 rings (SSSR count). The molecular formula is C23H21N5O7. The number of nitro benzene ring substituents is 1. The zero-order valence-corrected chi connectivity index (χ0v) is 19.1. The molecule has 1 N–H and O–H groups in total. The maximum atomic E-state index is 12.1. The van der Waals surface area contributed by atoms with Crippen LogP contribution in [-0.4, -0.2) is 42.9 Å². The van der Waals surface area contributed by atoms with E-state index in [1.54, 1.807) is 31.2 Å². The molecule has 0 spiro atoms. The second-order valence-electron chi connectivity index (χ2n) is 7.07. The number of nitriles is 1. The average Bonchev–Trinajstić information content (AvgIpc) is 3.31. The third-order valence-corrected chi connectivity index (χ3v) is 4.62. The molecule has 0 bridgehead atoms. The first kappa shape index (κ1) is 24.9. The molecule has 12 nitrogen and oxygen atoms in total. The summed E-state index contributed by atoms with van der Waals surface area (Å²) >= 11 is 0. The monoisotopic (exact) mass is 479 g/mol. The lowest BCUT2D eigenvalue weighted by Gasteiger charge is -2.10. The van der Waals surface area contributed by atoms with Gasteiger partial charge in [0.2, 0.25) is 5.88 Å². The molecule has 1 amide bonds. The summed E-state index contributed by atoms with van der Waals surface area (Å²) in [6, 6.07) is 11.2. The summed E-state index contributed by atoms with van der Waals surface area (Å²) in [4.78, 5) is 27.1. The summed E-state index contributed by atoms with van der Waals surface area (Å²) < 4.78 is 21.1. The van der Waals surface area contributed by atoms with E-state index in [4.69, 9.17) is 18.6 Å². The van der Waals surface area contributed by atoms with Crippen LogP contribution in [0, 0.1) is 28.4 Å². The number of hydrogen-bond donors (Lipinski definition) is 1. The van der Waals surface area contributed by atoms with E-state index in [1.165, 1.54) is 32.6 Å². The van der Waals surface area contributed by atoms with Gasteiger partial charge >= 0.3 is 0 Å². The summed E-state index contributed by atoms with van der Waals surface area (Å²) in [6.45, 7) is 1.50. The van der Waals surface area contributed by atoms with Crippen LogP contribution >= 0.6 is 0 Å². The normalized spacial score (nSPS) is 10.7. The van der Waals surface area contributed by atoms with Gasteiger partial charge in [-0.1, -0.05) is 0 Å². The predicted molar refractivity (Wildman–Crippen MR) is 123 cm³/mol. The third-order valence-electron chi connectivity index (χ3n) is 4.62. The minimum atomic E-state index is -0.598. The average molecular weight is 479 g/mol. The first-order valence-corrected chi connectivity index (χ1v) is 10.1. The number of hydrogen-bond acceptors (Lipinski definition) is 10. The van der Waals surface area contributed by atoms with E-state index in [0.29, 0.717) is 17.0 Å². The van der Waals surface area contributed by atoms with Crippen LogP contribution in [0.2, 0.25) is 0 Å². The van der Waals surface area contributed by atoms with E-state index in [2.05, 4.69) is 15.5 Å². The Morgan fingerprint density at radius 1 is 1.31 bits per heavy atom. The maximum Gasteiger partial charge on any atom is 0.284 e. The van der Waals surface area contributed by atoms with Gasteiger partial charge in [0, 0.05) is 18.4 Å². The van der Waals surface area contributed by atoms with Crippen molar-refractivity contribution in [2.75, 3.05) is 20.8 Å². The van der Waals surface area contributed by atoms with Crippen molar-refractivity contribution in [1.29, 1.82) is 5.26 Å². The minimum Gasteiger partial charge on any atom is -0.497 e. The number of rotatable bonds is 10. The molecular weight excluding hydrogens is 458 g/mol. The Balaban J connectivity index is 1.64. The van der Waals surface area contributed by atoms with Crippen LogP contribution in [-0.2, 0) is 16.1 Å². The number of methoxy groups -OCH3 is 2. The minimum absolute atomic E-state index is 0.0236. The van der Waals surface area contributed by atoms with Gasteiger partial charge < -0.3 is 18.6 Å². The van der Waals surface area contributed by atoms with Gasteiger partial charge in [0.25, 0.3) is 11.6 Å². The number of furan rings is 1. The van der Waals surface area contributed by atoms with Gasteiger partial charge in [-0.15, -0.1) is 0 Å². The van der Waals surface area contributed by atoms with Gasteiger partial charge in [-0.25, -0.2) is 10.4 Å². The second-order valence-corrected chi connectivity index (χ2v) is 7.07. The van der Waals surface area contributed by atoms with Crippen LogP contribution < -0.4 is 14.9 Å².